The van der Waals surface area contributed by atoms with Gasteiger partial charge in [0.25, 0.3) is 0 Å². The molecule has 2 N–H and O–H groups in total. The van der Waals surface area contributed by atoms with Gasteiger partial charge in [-0.05, 0) is 57.5 Å². The van der Waals surface area contributed by atoms with Crippen LogP contribution in [0.2, 0.25) is 0 Å². The molecule has 0 aliphatic carbocycles. The zero-order chi connectivity index (χ0) is 15.4. The van der Waals surface area contributed by atoms with E-state index >= 15 is 0 Å². The Hall–Kier alpha value is -0.120. The van der Waals surface area contributed by atoms with Crippen molar-refractivity contribution in [1.29, 1.82) is 0 Å². The van der Waals surface area contributed by atoms with Gasteiger partial charge < -0.3 is 15.3 Å². The van der Waals surface area contributed by atoms with Crippen LogP contribution in [0.3, 0.4) is 0 Å². The van der Waals surface area contributed by atoms with E-state index in [4.69, 9.17) is 0 Å². The molecule has 3 atom stereocenters. The van der Waals surface area contributed by atoms with E-state index in [2.05, 4.69) is 51.8 Å². The molecule has 0 bridgehead atoms. The summed E-state index contributed by atoms with van der Waals surface area (Å²) in [6, 6.07) is 0.531. The maximum absolute atomic E-state index is 9.70. The molecule has 3 unspecified atom stereocenters. The van der Waals surface area contributed by atoms with Crippen LogP contribution in [0.1, 0.15) is 60.8 Å². The Balaban J connectivity index is 2.52. The van der Waals surface area contributed by atoms with Crippen LogP contribution in [0.15, 0.2) is 0 Å². The first-order valence-corrected chi connectivity index (χ1v) is 8.32. The summed E-state index contributed by atoms with van der Waals surface area (Å²) < 4.78 is 0. The predicted octanol–water partition coefficient (Wildman–Crippen LogP) is 2.88. The summed E-state index contributed by atoms with van der Waals surface area (Å²) in [4.78, 5) is 2.61. The Morgan fingerprint density at radius 3 is 2.40 bits per heavy atom. The maximum atomic E-state index is 9.70. The van der Waals surface area contributed by atoms with Gasteiger partial charge in [0, 0.05) is 18.1 Å². The number of likely N-dealkylation sites (tertiary alicyclic amines) is 1. The molecular weight excluding hydrogens is 248 g/mol. The molecule has 0 radical (unpaired) electrons. The Morgan fingerprint density at radius 2 is 1.95 bits per heavy atom. The molecule has 20 heavy (non-hydrogen) atoms. The molecule has 0 amide bonds. The minimum absolute atomic E-state index is 0.144. The standard InChI is InChI=1S/C17H36N2O/c1-7-9-18-17(6,13-20)11-14(2)19-10-8-15(12-19)16(3,4)5/h14-15,18,20H,7-13H2,1-6H3. The van der Waals surface area contributed by atoms with Crippen molar-refractivity contribution in [2.45, 2.75) is 72.4 Å². The summed E-state index contributed by atoms with van der Waals surface area (Å²) in [7, 11) is 0. The minimum Gasteiger partial charge on any atom is -0.394 e. The summed E-state index contributed by atoms with van der Waals surface area (Å²) in [6.07, 6.45) is 3.44. The lowest BCUT2D eigenvalue weighted by Crippen LogP contribution is -2.50. The molecule has 1 rings (SSSR count). The number of hydrogen-bond acceptors (Lipinski definition) is 3. The van der Waals surface area contributed by atoms with E-state index in [-0.39, 0.29) is 12.1 Å². The Morgan fingerprint density at radius 1 is 1.30 bits per heavy atom. The van der Waals surface area contributed by atoms with Crippen LogP contribution in [0.4, 0.5) is 0 Å². The molecule has 1 aliphatic rings. The van der Waals surface area contributed by atoms with Crippen LogP contribution >= 0.6 is 0 Å². The fourth-order valence-electron chi connectivity index (χ4n) is 3.30. The van der Waals surface area contributed by atoms with Gasteiger partial charge in [0.1, 0.15) is 0 Å². The second-order valence-electron chi connectivity index (χ2n) is 8.05. The molecule has 0 aromatic heterocycles. The largest absolute Gasteiger partial charge is 0.394 e. The number of nitrogens with zero attached hydrogens (tertiary/aromatic N) is 1. The molecule has 120 valence electrons. The van der Waals surface area contributed by atoms with E-state index in [1.54, 1.807) is 0 Å². The van der Waals surface area contributed by atoms with Crippen molar-refractivity contribution in [3.05, 3.63) is 0 Å². The Bertz CT molecular complexity index is 287. The van der Waals surface area contributed by atoms with E-state index in [1.165, 1.54) is 19.5 Å². The fraction of sp³-hybridized carbons (Fsp3) is 1.00. The summed E-state index contributed by atoms with van der Waals surface area (Å²) in [6.45, 7) is 17.3. The first kappa shape index (κ1) is 17.9. The van der Waals surface area contributed by atoms with Crippen LogP contribution in [0.5, 0.6) is 0 Å². The number of hydrogen-bond donors (Lipinski definition) is 2. The van der Waals surface area contributed by atoms with E-state index in [1.807, 2.05) is 0 Å². The van der Waals surface area contributed by atoms with Crippen molar-refractivity contribution in [3.8, 4) is 0 Å². The summed E-state index contributed by atoms with van der Waals surface area (Å²) >= 11 is 0. The van der Waals surface area contributed by atoms with Crippen LogP contribution in [-0.4, -0.2) is 47.8 Å². The lowest BCUT2D eigenvalue weighted by atomic mass is 9.80. The molecule has 3 nitrogen and oxygen atoms in total. The first-order valence-electron chi connectivity index (χ1n) is 8.32. The summed E-state index contributed by atoms with van der Waals surface area (Å²) in [5, 5.41) is 13.2. The minimum atomic E-state index is -0.144. The molecule has 1 aliphatic heterocycles. The van der Waals surface area contributed by atoms with Crippen molar-refractivity contribution in [3.63, 3.8) is 0 Å². The third kappa shape index (κ3) is 5.01. The summed E-state index contributed by atoms with van der Waals surface area (Å²) in [5.41, 5.74) is 0.268. The Kier molecular flexibility index (Phi) is 6.49. The molecule has 0 aromatic rings. The zero-order valence-electron chi connectivity index (χ0n) is 14.5. The van der Waals surface area contributed by atoms with E-state index in [9.17, 15) is 5.11 Å². The lowest BCUT2D eigenvalue weighted by molar-refractivity contribution is 0.119. The highest BCUT2D eigenvalue weighted by molar-refractivity contribution is 4.91. The average molecular weight is 284 g/mol. The fourth-order valence-corrected chi connectivity index (χ4v) is 3.30. The second kappa shape index (κ2) is 7.24. The van der Waals surface area contributed by atoms with Crippen LogP contribution in [0.25, 0.3) is 0 Å². The molecule has 0 spiro atoms. The van der Waals surface area contributed by atoms with Crippen molar-refractivity contribution in [1.82, 2.24) is 10.2 Å². The number of nitrogens with one attached hydrogen (secondary N) is 1. The molecule has 0 aromatic carbocycles. The molecule has 1 heterocycles. The highest BCUT2D eigenvalue weighted by Crippen LogP contribution is 2.35. The van der Waals surface area contributed by atoms with Crippen LogP contribution in [0, 0.1) is 11.3 Å². The summed E-state index contributed by atoms with van der Waals surface area (Å²) in [5.74, 6) is 0.800. The van der Waals surface area contributed by atoms with Gasteiger partial charge in [-0.25, -0.2) is 0 Å². The van der Waals surface area contributed by atoms with Gasteiger partial charge in [0.05, 0.1) is 6.61 Å². The second-order valence-corrected chi connectivity index (χ2v) is 8.05. The van der Waals surface area contributed by atoms with E-state index in [0.29, 0.717) is 11.5 Å². The topological polar surface area (TPSA) is 35.5 Å². The number of aliphatic hydroxyl groups is 1. The van der Waals surface area contributed by atoms with Gasteiger partial charge in [-0.3, -0.25) is 0 Å². The van der Waals surface area contributed by atoms with Crippen LogP contribution < -0.4 is 5.32 Å². The monoisotopic (exact) mass is 284 g/mol. The molecule has 0 saturated carbocycles. The van der Waals surface area contributed by atoms with Gasteiger partial charge >= 0.3 is 0 Å². The molecule has 1 fully saturated rings. The van der Waals surface area contributed by atoms with Crippen molar-refractivity contribution < 1.29 is 5.11 Å². The Labute approximate surface area is 126 Å². The normalized spacial score (nSPS) is 25.6. The first-order chi connectivity index (χ1) is 9.22. The van der Waals surface area contributed by atoms with Crippen molar-refractivity contribution >= 4 is 0 Å². The van der Waals surface area contributed by atoms with Gasteiger partial charge in [0.2, 0.25) is 0 Å². The van der Waals surface area contributed by atoms with E-state index < -0.39 is 0 Å². The van der Waals surface area contributed by atoms with Gasteiger partial charge in [0.15, 0.2) is 0 Å². The third-order valence-corrected chi connectivity index (χ3v) is 4.96. The molecular formula is C17H36N2O. The molecule has 3 heteroatoms. The highest BCUT2D eigenvalue weighted by Gasteiger charge is 2.35. The molecule has 1 saturated heterocycles. The number of rotatable bonds is 7. The van der Waals surface area contributed by atoms with Gasteiger partial charge in [-0.2, -0.15) is 0 Å². The smallest absolute Gasteiger partial charge is 0.0611 e. The van der Waals surface area contributed by atoms with Gasteiger partial charge in [-0.1, -0.05) is 27.7 Å². The van der Waals surface area contributed by atoms with Crippen LogP contribution in [-0.2, 0) is 0 Å². The van der Waals surface area contributed by atoms with Crippen molar-refractivity contribution in [2.75, 3.05) is 26.2 Å². The van der Waals surface area contributed by atoms with E-state index in [0.717, 1.165) is 25.3 Å². The van der Waals surface area contributed by atoms with Gasteiger partial charge in [-0.15, -0.1) is 0 Å². The zero-order valence-corrected chi connectivity index (χ0v) is 14.5. The highest BCUT2D eigenvalue weighted by atomic mass is 16.3. The lowest BCUT2D eigenvalue weighted by Gasteiger charge is -2.36. The number of aliphatic hydroxyl groups excluding tert-OH is 1. The average Bonchev–Trinajstić information content (AvgIpc) is 2.86. The quantitative estimate of drug-likeness (QED) is 0.754. The van der Waals surface area contributed by atoms with Crippen molar-refractivity contribution in [2.24, 2.45) is 11.3 Å². The predicted molar refractivity (Wildman–Crippen MR) is 87.0 cm³/mol. The third-order valence-electron chi connectivity index (χ3n) is 4.96. The SMILES string of the molecule is CCCNC(C)(CO)CC(C)N1CCC(C(C)(C)C)C1. The maximum Gasteiger partial charge on any atom is 0.0611 e.